The van der Waals surface area contributed by atoms with Gasteiger partial charge in [0.2, 0.25) is 0 Å². The Morgan fingerprint density at radius 2 is 2.45 bits per heavy atom. The molecule has 0 spiro atoms. The molecule has 0 radical (unpaired) electrons. The summed E-state index contributed by atoms with van der Waals surface area (Å²) in [5, 5.41) is 4.26. The Bertz CT molecular complexity index is 212. The predicted octanol–water partition coefficient (Wildman–Crippen LogP) is 1.07. The lowest BCUT2D eigenvalue weighted by Crippen LogP contribution is -2.01. The fourth-order valence-corrected chi connectivity index (χ4v) is 1.25. The van der Waals surface area contributed by atoms with Crippen molar-refractivity contribution in [1.29, 1.82) is 0 Å². The largest absolute Gasteiger partial charge is 0.330 e. The third-order valence-corrected chi connectivity index (χ3v) is 2.25. The summed E-state index contributed by atoms with van der Waals surface area (Å²) < 4.78 is 2.83. The first kappa shape index (κ1) is 8.74. The molecule has 0 aliphatic carbocycles. The Hall–Kier alpha value is -0.350. The van der Waals surface area contributed by atoms with Gasteiger partial charge in [0.1, 0.15) is 4.60 Å². The fourth-order valence-electron chi connectivity index (χ4n) is 0.906. The monoisotopic (exact) mass is 217 g/mol. The molecule has 0 unspecified atom stereocenters. The maximum absolute atomic E-state index is 5.37. The van der Waals surface area contributed by atoms with Crippen LogP contribution in [0.5, 0.6) is 0 Å². The Labute approximate surface area is 74.7 Å². The van der Waals surface area contributed by atoms with E-state index in [1.807, 2.05) is 17.8 Å². The highest BCUT2D eigenvalue weighted by atomic mass is 79.9. The molecule has 2 N–H and O–H groups in total. The van der Waals surface area contributed by atoms with E-state index in [9.17, 15) is 0 Å². The van der Waals surface area contributed by atoms with Gasteiger partial charge in [0.05, 0.1) is 5.69 Å². The molecule has 62 valence electrons. The summed E-state index contributed by atoms with van der Waals surface area (Å²) in [6.45, 7) is 0.730. The van der Waals surface area contributed by atoms with Crippen molar-refractivity contribution in [1.82, 2.24) is 9.78 Å². The molecule has 0 atom stereocenters. The van der Waals surface area contributed by atoms with Crippen LogP contribution in [0.1, 0.15) is 12.1 Å². The van der Waals surface area contributed by atoms with Gasteiger partial charge in [-0.05, 0) is 41.4 Å². The van der Waals surface area contributed by atoms with E-state index < -0.39 is 0 Å². The summed E-state index contributed by atoms with van der Waals surface area (Å²) in [7, 11) is 1.91. The van der Waals surface area contributed by atoms with E-state index in [1.54, 1.807) is 0 Å². The molecule has 0 aromatic carbocycles. The zero-order valence-electron chi connectivity index (χ0n) is 6.55. The van der Waals surface area contributed by atoms with Crippen LogP contribution >= 0.6 is 15.9 Å². The average molecular weight is 218 g/mol. The van der Waals surface area contributed by atoms with E-state index in [0.29, 0.717) is 0 Å². The van der Waals surface area contributed by atoms with Gasteiger partial charge in [0.25, 0.3) is 0 Å². The van der Waals surface area contributed by atoms with Crippen LogP contribution in [-0.4, -0.2) is 16.3 Å². The molecule has 0 bridgehead atoms. The van der Waals surface area contributed by atoms with Gasteiger partial charge < -0.3 is 5.73 Å². The Balaban J connectivity index is 2.58. The number of hydrogen-bond acceptors (Lipinski definition) is 2. The maximum Gasteiger partial charge on any atom is 0.104 e. The second kappa shape index (κ2) is 3.88. The van der Waals surface area contributed by atoms with Gasteiger partial charge in [-0.15, -0.1) is 0 Å². The molecular formula is C7H12BrN3. The number of aromatic nitrogens is 2. The van der Waals surface area contributed by atoms with Crippen LogP contribution in [0.4, 0.5) is 0 Å². The summed E-state index contributed by atoms with van der Waals surface area (Å²) in [6, 6.07) is 2.02. The van der Waals surface area contributed by atoms with Gasteiger partial charge in [0, 0.05) is 7.05 Å². The molecule has 0 fully saturated rings. The first-order valence-electron chi connectivity index (χ1n) is 3.62. The third kappa shape index (κ3) is 2.31. The normalized spacial score (nSPS) is 10.5. The molecule has 1 heterocycles. The smallest absolute Gasteiger partial charge is 0.104 e. The van der Waals surface area contributed by atoms with Crippen molar-refractivity contribution < 1.29 is 0 Å². The lowest BCUT2D eigenvalue weighted by atomic mass is 10.2. The van der Waals surface area contributed by atoms with E-state index in [0.717, 1.165) is 29.7 Å². The van der Waals surface area contributed by atoms with Gasteiger partial charge in [-0.25, -0.2) is 0 Å². The Morgan fingerprint density at radius 1 is 1.73 bits per heavy atom. The first-order chi connectivity index (χ1) is 5.24. The van der Waals surface area contributed by atoms with Crippen molar-refractivity contribution in [3.63, 3.8) is 0 Å². The number of hydrogen-bond donors (Lipinski definition) is 1. The van der Waals surface area contributed by atoms with E-state index in [1.165, 1.54) is 0 Å². The molecule has 1 aromatic rings. The number of aryl methyl sites for hydroxylation is 2. The topological polar surface area (TPSA) is 43.8 Å². The zero-order chi connectivity index (χ0) is 8.27. The lowest BCUT2D eigenvalue weighted by molar-refractivity contribution is 0.712. The number of nitrogens with two attached hydrogens (primary N) is 1. The molecule has 1 aromatic heterocycles. The highest BCUT2D eigenvalue weighted by Gasteiger charge is 2.00. The highest BCUT2D eigenvalue weighted by Crippen LogP contribution is 2.10. The van der Waals surface area contributed by atoms with E-state index >= 15 is 0 Å². The summed E-state index contributed by atoms with van der Waals surface area (Å²) in [6.07, 6.45) is 1.97. The van der Waals surface area contributed by atoms with Crippen molar-refractivity contribution in [2.45, 2.75) is 12.8 Å². The van der Waals surface area contributed by atoms with E-state index in [4.69, 9.17) is 5.73 Å². The van der Waals surface area contributed by atoms with Crippen molar-refractivity contribution in [2.75, 3.05) is 6.54 Å². The van der Waals surface area contributed by atoms with Gasteiger partial charge in [-0.1, -0.05) is 0 Å². The summed E-state index contributed by atoms with van der Waals surface area (Å²) in [5.41, 5.74) is 6.48. The van der Waals surface area contributed by atoms with Crippen molar-refractivity contribution >= 4 is 15.9 Å². The standard InChI is InChI=1S/C7H12BrN3/c1-11-7(8)5-6(10-11)3-2-4-9/h5H,2-4,9H2,1H3. The quantitative estimate of drug-likeness (QED) is 0.824. The molecule has 0 aliphatic heterocycles. The highest BCUT2D eigenvalue weighted by molar-refractivity contribution is 9.10. The fraction of sp³-hybridized carbons (Fsp3) is 0.571. The molecule has 1 rings (SSSR count). The van der Waals surface area contributed by atoms with Crippen LogP contribution in [-0.2, 0) is 13.5 Å². The van der Waals surface area contributed by atoms with Gasteiger partial charge in [-0.3, -0.25) is 4.68 Å². The Morgan fingerprint density at radius 3 is 2.91 bits per heavy atom. The van der Waals surface area contributed by atoms with Gasteiger partial charge in [0.15, 0.2) is 0 Å². The molecule has 11 heavy (non-hydrogen) atoms. The lowest BCUT2D eigenvalue weighted by Gasteiger charge is -1.91. The molecule has 0 aliphatic rings. The minimum absolute atomic E-state index is 0.730. The average Bonchev–Trinajstić information content (AvgIpc) is 2.28. The summed E-state index contributed by atoms with van der Waals surface area (Å²) >= 11 is 3.38. The summed E-state index contributed by atoms with van der Waals surface area (Å²) in [4.78, 5) is 0. The molecule has 0 saturated carbocycles. The minimum atomic E-state index is 0.730. The van der Waals surface area contributed by atoms with Crippen LogP contribution in [0.25, 0.3) is 0 Å². The van der Waals surface area contributed by atoms with Gasteiger partial charge in [-0.2, -0.15) is 5.10 Å². The summed E-state index contributed by atoms with van der Waals surface area (Å²) in [5.74, 6) is 0. The number of halogens is 1. The molecule has 0 saturated heterocycles. The predicted molar refractivity (Wildman–Crippen MR) is 48.3 cm³/mol. The van der Waals surface area contributed by atoms with Crippen LogP contribution in [0.15, 0.2) is 10.7 Å². The van der Waals surface area contributed by atoms with Crippen molar-refractivity contribution in [2.24, 2.45) is 12.8 Å². The molecular weight excluding hydrogens is 206 g/mol. The second-order valence-electron chi connectivity index (χ2n) is 2.47. The minimum Gasteiger partial charge on any atom is -0.330 e. The van der Waals surface area contributed by atoms with E-state index in [2.05, 4.69) is 21.0 Å². The van der Waals surface area contributed by atoms with Crippen LogP contribution < -0.4 is 5.73 Å². The number of nitrogens with zero attached hydrogens (tertiary/aromatic N) is 2. The molecule has 4 heteroatoms. The zero-order valence-corrected chi connectivity index (χ0v) is 8.13. The molecule has 3 nitrogen and oxygen atoms in total. The van der Waals surface area contributed by atoms with Crippen molar-refractivity contribution in [3.8, 4) is 0 Å². The van der Waals surface area contributed by atoms with Crippen molar-refractivity contribution in [3.05, 3.63) is 16.4 Å². The van der Waals surface area contributed by atoms with Crippen LogP contribution in [0.3, 0.4) is 0 Å². The van der Waals surface area contributed by atoms with Gasteiger partial charge >= 0.3 is 0 Å². The maximum atomic E-state index is 5.37. The third-order valence-electron chi connectivity index (χ3n) is 1.51. The van der Waals surface area contributed by atoms with E-state index in [-0.39, 0.29) is 0 Å². The second-order valence-corrected chi connectivity index (χ2v) is 3.29. The number of rotatable bonds is 3. The Kier molecular flexibility index (Phi) is 3.08. The van der Waals surface area contributed by atoms with Crippen LogP contribution in [0.2, 0.25) is 0 Å². The first-order valence-corrected chi connectivity index (χ1v) is 4.42. The molecule has 0 amide bonds. The SMILES string of the molecule is Cn1nc(CCCN)cc1Br. The van der Waals surface area contributed by atoms with Crippen LogP contribution in [0, 0.1) is 0 Å².